The first-order valence-electron chi connectivity index (χ1n) is 10.8. The molecule has 8 nitrogen and oxygen atoms in total. The first kappa shape index (κ1) is 24.0. The number of nitrogens with zero attached hydrogens (tertiary/aromatic N) is 1. The fourth-order valence-corrected chi connectivity index (χ4v) is 3.72. The van der Waals surface area contributed by atoms with Gasteiger partial charge in [0.15, 0.2) is 6.10 Å². The topological polar surface area (TPSA) is 102 Å². The molecular formula is C26H21ClN2O6. The minimum absolute atomic E-state index is 0.0378. The second-order valence-corrected chi connectivity index (χ2v) is 8.06. The number of hydrogen-bond acceptors (Lipinski definition) is 6. The highest BCUT2D eigenvalue weighted by Gasteiger charge is 2.37. The molecule has 0 radical (unpaired) electrons. The van der Waals surface area contributed by atoms with Gasteiger partial charge in [-0.15, -0.1) is 0 Å². The number of para-hydroxylation sites is 1. The third-order valence-corrected chi connectivity index (χ3v) is 5.64. The molecule has 0 bridgehead atoms. The molecule has 0 fully saturated rings. The Hall–Kier alpha value is -4.17. The number of carbonyl (C=O) groups excluding carboxylic acids is 4. The maximum Gasteiger partial charge on any atom is 0.338 e. The molecule has 35 heavy (non-hydrogen) atoms. The van der Waals surface area contributed by atoms with Gasteiger partial charge < -0.3 is 14.8 Å². The third kappa shape index (κ3) is 4.88. The summed E-state index contributed by atoms with van der Waals surface area (Å²) in [6.45, 7) is 3.76. The predicted molar refractivity (Wildman–Crippen MR) is 130 cm³/mol. The van der Waals surface area contributed by atoms with Gasteiger partial charge in [-0.1, -0.05) is 23.7 Å². The predicted octanol–water partition coefficient (Wildman–Crippen LogP) is 4.72. The zero-order chi connectivity index (χ0) is 25.1. The van der Waals surface area contributed by atoms with Crippen molar-refractivity contribution in [3.05, 3.63) is 88.4 Å². The monoisotopic (exact) mass is 492 g/mol. The number of benzene rings is 3. The average Bonchev–Trinajstić information content (AvgIpc) is 3.10. The van der Waals surface area contributed by atoms with Crippen LogP contribution in [0.4, 0.5) is 11.4 Å². The van der Waals surface area contributed by atoms with Crippen LogP contribution in [0.5, 0.6) is 5.75 Å². The van der Waals surface area contributed by atoms with Gasteiger partial charge in [0.1, 0.15) is 5.75 Å². The minimum Gasteiger partial charge on any atom is -0.494 e. The second-order valence-electron chi connectivity index (χ2n) is 7.65. The number of rotatable bonds is 7. The van der Waals surface area contributed by atoms with Gasteiger partial charge in [0.2, 0.25) is 0 Å². The van der Waals surface area contributed by atoms with Crippen LogP contribution in [0.1, 0.15) is 44.9 Å². The maximum absolute atomic E-state index is 13.0. The van der Waals surface area contributed by atoms with Gasteiger partial charge in [-0.3, -0.25) is 14.4 Å². The number of anilines is 2. The molecule has 0 saturated carbocycles. The van der Waals surface area contributed by atoms with Crippen LogP contribution in [0.15, 0.2) is 66.7 Å². The smallest absolute Gasteiger partial charge is 0.338 e. The van der Waals surface area contributed by atoms with Gasteiger partial charge in [-0.2, -0.15) is 0 Å². The molecule has 3 aromatic carbocycles. The Morgan fingerprint density at radius 1 is 0.971 bits per heavy atom. The van der Waals surface area contributed by atoms with E-state index in [0.29, 0.717) is 28.8 Å². The molecule has 3 aromatic rings. The van der Waals surface area contributed by atoms with E-state index in [2.05, 4.69) is 5.32 Å². The maximum atomic E-state index is 13.0. The number of carbonyl (C=O) groups is 4. The molecule has 1 aliphatic heterocycles. The lowest BCUT2D eigenvalue weighted by Crippen LogP contribution is -2.30. The van der Waals surface area contributed by atoms with E-state index in [-0.39, 0.29) is 16.7 Å². The Kier molecular flexibility index (Phi) is 6.84. The summed E-state index contributed by atoms with van der Waals surface area (Å²) in [4.78, 5) is 52.0. The summed E-state index contributed by atoms with van der Waals surface area (Å²) >= 11 is 6.04. The number of hydrogen-bond donors (Lipinski definition) is 1. The van der Waals surface area contributed by atoms with Crippen LogP contribution in [-0.2, 0) is 9.53 Å². The lowest BCUT2D eigenvalue weighted by molar-refractivity contribution is -0.123. The van der Waals surface area contributed by atoms with E-state index in [1.807, 2.05) is 6.92 Å². The van der Waals surface area contributed by atoms with Gasteiger partial charge in [-0.05, 0) is 68.4 Å². The summed E-state index contributed by atoms with van der Waals surface area (Å²) < 4.78 is 10.7. The van der Waals surface area contributed by atoms with Crippen molar-refractivity contribution in [2.45, 2.75) is 20.0 Å². The Bertz CT molecular complexity index is 1320. The summed E-state index contributed by atoms with van der Waals surface area (Å²) in [6, 6.07) is 17.3. The first-order chi connectivity index (χ1) is 16.8. The van der Waals surface area contributed by atoms with Crippen LogP contribution in [0, 0.1) is 0 Å². The fraction of sp³-hybridized carbons (Fsp3) is 0.154. The molecule has 1 unspecified atom stereocenters. The lowest BCUT2D eigenvalue weighted by atomic mass is 10.1. The van der Waals surface area contributed by atoms with E-state index in [0.717, 1.165) is 4.90 Å². The average molecular weight is 493 g/mol. The van der Waals surface area contributed by atoms with Crippen molar-refractivity contribution in [2.24, 2.45) is 0 Å². The summed E-state index contributed by atoms with van der Waals surface area (Å²) in [5, 5.41) is 2.94. The van der Waals surface area contributed by atoms with Crippen molar-refractivity contribution in [3.63, 3.8) is 0 Å². The standard InChI is InChI=1S/C26H21ClN2O6/c1-3-34-18-11-9-17(10-12-18)29-24(31)19-13-8-16(14-20(19)25(29)32)26(33)35-15(2)23(30)28-22-7-5-4-6-21(22)27/h4-15H,3H2,1-2H3,(H,28,30). The zero-order valence-corrected chi connectivity index (χ0v) is 19.7. The van der Waals surface area contributed by atoms with Crippen LogP contribution in [0.2, 0.25) is 5.02 Å². The number of amides is 3. The molecule has 0 spiro atoms. The Morgan fingerprint density at radius 3 is 2.34 bits per heavy atom. The third-order valence-electron chi connectivity index (χ3n) is 5.31. The largest absolute Gasteiger partial charge is 0.494 e. The van der Waals surface area contributed by atoms with E-state index in [1.165, 1.54) is 25.1 Å². The Morgan fingerprint density at radius 2 is 1.66 bits per heavy atom. The van der Waals surface area contributed by atoms with Gasteiger partial charge in [0.25, 0.3) is 17.7 Å². The number of nitrogens with one attached hydrogen (secondary N) is 1. The quantitative estimate of drug-likeness (QED) is 0.378. The summed E-state index contributed by atoms with van der Waals surface area (Å²) in [5.74, 6) is -1.82. The Balaban J connectivity index is 1.48. The van der Waals surface area contributed by atoms with E-state index in [1.54, 1.807) is 48.5 Å². The number of imide groups is 1. The van der Waals surface area contributed by atoms with Gasteiger partial charge in [-0.25, -0.2) is 9.69 Å². The van der Waals surface area contributed by atoms with E-state index in [4.69, 9.17) is 21.1 Å². The molecule has 0 aliphatic carbocycles. The molecule has 9 heteroatoms. The molecule has 1 aliphatic rings. The number of esters is 1. The van der Waals surface area contributed by atoms with Crippen molar-refractivity contribution in [1.82, 2.24) is 0 Å². The molecular weight excluding hydrogens is 472 g/mol. The van der Waals surface area contributed by atoms with E-state index in [9.17, 15) is 19.2 Å². The second kappa shape index (κ2) is 9.99. The number of ether oxygens (including phenoxy) is 2. The zero-order valence-electron chi connectivity index (χ0n) is 18.9. The summed E-state index contributed by atoms with van der Waals surface area (Å²) in [7, 11) is 0. The van der Waals surface area contributed by atoms with Crippen LogP contribution >= 0.6 is 11.6 Å². The van der Waals surface area contributed by atoms with E-state index >= 15 is 0 Å². The molecule has 3 amide bonds. The van der Waals surface area contributed by atoms with Crippen molar-refractivity contribution in [3.8, 4) is 5.75 Å². The fourth-order valence-electron chi connectivity index (χ4n) is 3.54. The van der Waals surface area contributed by atoms with Crippen molar-refractivity contribution < 1.29 is 28.7 Å². The van der Waals surface area contributed by atoms with Crippen molar-refractivity contribution in [1.29, 1.82) is 0 Å². The van der Waals surface area contributed by atoms with Crippen LogP contribution < -0.4 is 15.0 Å². The van der Waals surface area contributed by atoms with Gasteiger partial charge in [0, 0.05) is 0 Å². The number of fused-ring (bicyclic) bond motifs is 1. The van der Waals surface area contributed by atoms with Gasteiger partial charge >= 0.3 is 5.97 Å². The molecule has 1 N–H and O–H groups in total. The number of halogens is 1. The Labute approximate surface area is 206 Å². The highest BCUT2D eigenvalue weighted by atomic mass is 35.5. The highest BCUT2D eigenvalue weighted by molar-refractivity contribution is 6.35. The van der Waals surface area contributed by atoms with Crippen LogP contribution in [-0.4, -0.2) is 36.4 Å². The normalized spacial score (nSPS) is 13.3. The highest BCUT2D eigenvalue weighted by Crippen LogP contribution is 2.30. The molecule has 1 atom stereocenters. The molecule has 0 saturated heterocycles. The molecule has 4 rings (SSSR count). The summed E-state index contributed by atoms with van der Waals surface area (Å²) in [6.07, 6.45) is -1.13. The van der Waals surface area contributed by atoms with Gasteiger partial charge in [0.05, 0.1) is 39.7 Å². The summed E-state index contributed by atoms with van der Waals surface area (Å²) in [5.41, 5.74) is 1.05. The molecule has 178 valence electrons. The molecule has 1 heterocycles. The van der Waals surface area contributed by atoms with E-state index < -0.39 is 29.8 Å². The first-order valence-corrected chi connectivity index (χ1v) is 11.2. The van der Waals surface area contributed by atoms with Crippen LogP contribution in [0.25, 0.3) is 0 Å². The lowest BCUT2D eigenvalue weighted by Gasteiger charge is -2.14. The van der Waals surface area contributed by atoms with Crippen LogP contribution in [0.3, 0.4) is 0 Å². The minimum atomic E-state index is -1.13. The van der Waals surface area contributed by atoms with Crippen molar-refractivity contribution >= 4 is 46.7 Å². The molecule has 0 aromatic heterocycles. The SMILES string of the molecule is CCOc1ccc(N2C(=O)c3ccc(C(=O)OC(C)C(=O)Nc4ccccc4Cl)cc3C2=O)cc1. The van der Waals surface area contributed by atoms with Crippen molar-refractivity contribution in [2.75, 3.05) is 16.8 Å².